The van der Waals surface area contributed by atoms with Crippen molar-refractivity contribution >= 4 is 23.1 Å². The Kier molecular flexibility index (Phi) is 3.60. The summed E-state index contributed by atoms with van der Waals surface area (Å²) in [7, 11) is 0. The summed E-state index contributed by atoms with van der Waals surface area (Å²) < 4.78 is 5.33. The zero-order chi connectivity index (χ0) is 13.8. The maximum absolute atomic E-state index is 5.61. The lowest BCUT2D eigenvalue weighted by Gasteiger charge is -2.27. The summed E-state index contributed by atoms with van der Waals surface area (Å²) in [6, 6.07) is 5.63. The standard InChI is InChI=1S/C13H16N6O/c14-11-7-12(17-9-16-11)18-10-1-2-13(15-8-10)19-3-5-20-6-4-19/h1-2,7-9H,3-6H2,(H3,14,16,17,18). The molecule has 2 aromatic rings. The lowest BCUT2D eigenvalue weighted by molar-refractivity contribution is 0.122. The highest BCUT2D eigenvalue weighted by Gasteiger charge is 2.11. The van der Waals surface area contributed by atoms with Gasteiger partial charge in [-0.2, -0.15) is 0 Å². The first kappa shape index (κ1) is 12.6. The number of anilines is 4. The zero-order valence-electron chi connectivity index (χ0n) is 11.0. The summed E-state index contributed by atoms with van der Waals surface area (Å²) in [5.41, 5.74) is 6.47. The number of rotatable bonds is 3. The van der Waals surface area contributed by atoms with Crippen LogP contribution in [0, 0.1) is 0 Å². The molecule has 3 heterocycles. The number of nitrogens with zero attached hydrogens (tertiary/aromatic N) is 4. The third kappa shape index (κ3) is 2.94. The van der Waals surface area contributed by atoms with Gasteiger partial charge in [-0.3, -0.25) is 0 Å². The summed E-state index contributed by atoms with van der Waals surface area (Å²) in [4.78, 5) is 14.6. The largest absolute Gasteiger partial charge is 0.384 e. The number of hydrogen-bond acceptors (Lipinski definition) is 7. The van der Waals surface area contributed by atoms with Crippen LogP contribution in [-0.2, 0) is 4.74 Å². The summed E-state index contributed by atoms with van der Waals surface area (Å²) in [6.07, 6.45) is 3.20. The fraction of sp³-hybridized carbons (Fsp3) is 0.308. The molecule has 20 heavy (non-hydrogen) atoms. The van der Waals surface area contributed by atoms with E-state index < -0.39 is 0 Å². The van der Waals surface area contributed by atoms with Crippen LogP contribution in [0.15, 0.2) is 30.7 Å². The van der Waals surface area contributed by atoms with E-state index in [0.717, 1.165) is 37.8 Å². The van der Waals surface area contributed by atoms with Gasteiger partial charge in [-0.05, 0) is 12.1 Å². The summed E-state index contributed by atoms with van der Waals surface area (Å²) in [6.45, 7) is 3.26. The van der Waals surface area contributed by atoms with E-state index in [4.69, 9.17) is 10.5 Å². The second-order valence-electron chi connectivity index (χ2n) is 4.46. The summed E-state index contributed by atoms with van der Waals surface area (Å²) in [5.74, 6) is 2.04. The number of nitrogens with two attached hydrogens (primary N) is 1. The number of morpholine rings is 1. The van der Waals surface area contributed by atoms with Crippen LogP contribution >= 0.6 is 0 Å². The van der Waals surface area contributed by atoms with Crippen molar-refractivity contribution in [2.24, 2.45) is 0 Å². The van der Waals surface area contributed by atoms with Crippen LogP contribution in [0.1, 0.15) is 0 Å². The molecule has 1 aliphatic rings. The Bertz CT molecular complexity index is 567. The van der Waals surface area contributed by atoms with E-state index in [2.05, 4.69) is 25.2 Å². The molecule has 1 fully saturated rings. The Labute approximate surface area is 116 Å². The number of ether oxygens (including phenoxy) is 1. The maximum Gasteiger partial charge on any atom is 0.135 e. The Morgan fingerprint density at radius 2 is 2.00 bits per heavy atom. The molecule has 1 saturated heterocycles. The van der Waals surface area contributed by atoms with Gasteiger partial charge in [0.25, 0.3) is 0 Å². The smallest absolute Gasteiger partial charge is 0.135 e. The van der Waals surface area contributed by atoms with Gasteiger partial charge < -0.3 is 20.7 Å². The molecule has 0 aliphatic carbocycles. The SMILES string of the molecule is Nc1cc(Nc2ccc(N3CCOCC3)nc2)ncn1. The molecular formula is C13H16N6O. The van der Waals surface area contributed by atoms with Crippen molar-refractivity contribution in [1.82, 2.24) is 15.0 Å². The topological polar surface area (TPSA) is 89.2 Å². The molecule has 0 saturated carbocycles. The van der Waals surface area contributed by atoms with E-state index >= 15 is 0 Å². The molecule has 3 N–H and O–H groups in total. The third-order valence-electron chi connectivity index (χ3n) is 3.04. The number of aromatic nitrogens is 3. The number of nitrogens with one attached hydrogen (secondary N) is 1. The molecule has 0 bridgehead atoms. The van der Waals surface area contributed by atoms with Crippen LogP contribution in [0.2, 0.25) is 0 Å². The summed E-state index contributed by atoms with van der Waals surface area (Å²) >= 11 is 0. The van der Waals surface area contributed by atoms with Gasteiger partial charge in [-0.25, -0.2) is 15.0 Å². The fourth-order valence-corrected chi connectivity index (χ4v) is 2.03. The van der Waals surface area contributed by atoms with Crippen molar-refractivity contribution in [3.8, 4) is 0 Å². The van der Waals surface area contributed by atoms with Crippen molar-refractivity contribution in [3.05, 3.63) is 30.7 Å². The van der Waals surface area contributed by atoms with Crippen LogP contribution in [0.5, 0.6) is 0 Å². The van der Waals surface area contributed by atoms with E-state index in [1.807, 2.05) is 12.1 Å². The second-order valence-corrected chi connectivity index (χ2v) is 4.46. The molecule has 0 spiro atoms. The quantitative estimate of drug-likeness (QED) is 0.862. The predicted octanol–water partition coefficient (Wildman–Crippen LogP) is 1.03. The molecule has 7 nitrogen and oxygen atoms in total. The minimum absolute atomic E-state index is 0.431. The molecule has 104 valence electrons. The molecular weight excluding hydrogens is 256 g/mol. The van der Waals surface area contributed by atoms with E-state index in [-0.39, 0.29) is 0 Å². The Morgan fingerprint density at radius 1 is 1.15 bits per heavy atom. The van der Waals surface area contributed by atoms with Gasteiger partial charge in [0.05, 0.1) is 25.1 Å². The Hall–Kier alpha value is -2.41. The first-order valence-corrected chi connectivity index (χ1v) is 6.44. The molecule has 7 heteroatoms. The van der Waals surface area contributed by atoms with Gasteiger partial charge in [0.2, 0.25) is 0 Å². The fourth-order valence-electron chi connectivity index (χ4n) is 2.03. The summed E-state index contributed by atoms with van der Waals surface area (Å²) in [5, 5.41) is 3.14. The normalized spacial score (nSPS) is 15.1. The molecule has 0 amide bonds. The molecule has 1 aliphatic heterocycles. The molecule has 0 unspecified atom stereocenters. The molecule has 3 rings (SSSR count). The van der Waals surface area contributed by atoms with Crippen molar-refractivity contribution < 1.29 is 4.74 Å². The highest BCUT2D eigenvalue weighted by Crippen LogP contribution is 2.18. The third-order valence-corrected chi connectivity index (χ3v) is 3.04. The number of pyridine rings is 1. The van der Waals surface area contributed by atoms with E-state index in [9.17, 15) is 0 Å². The number of hydrogen-bond donors (Lipinski definition) is 2. The first-order chi connectivity index (χ1) is 9.81. The van der Waals surface area contributed by atoms with Gasteiger partial charge in [-0.1, -0.05) is 0 Å². The lowest BCUT2D eigenvalue weighted by Crippen LogP contribution is -2.36. The van der Waals surface area contributed by atoms with Crippen LogP contribution in [-0.4, -0.2) is 41.3 Å². The zero-order valence-corrected chi connectivity index (χ0v) is 11.0. The van der Waals surface area contributed by atoms with Crippen molar-refractivity contribution in [2.75, 3.05) is 42.3 Å². The lowest BCUT2D eigenvalue weighted by atomic mass is 10.3. The maximum atomic E-state index is 5.61. The van der Waals surface area contributed by atoms with E-state index in [1.54, 1.807) is 12.3 Å². The van der Waals surface area contributed by atoms with Gasteiger partial charge in [0.15, 0.2) is 0 Å². The van der Waals surface area contributed by atoms with Crippen LogP contribution in [0.25, 0.3) is 0 Å². The Balaban J connectivity index is 1.69. The highest BCUT2D eigenvalue weighted by atomic mass is 16.5. The molecule has 2 aromatic heterocycles. The van der Waals surface area contributed by atoms with Crippen molar-refractivity contribution in [3.63, 3.8) is 0 Å². The van der Waals surface area contributed by atoms with Crippen LogP contribution in [0.3, 0.4) is 0 Å². The monoisotopic (exact) mass is 272 g/mol. The minimum Gasteiger partial charge on any atom is -0.384 e. The average Bonchev–Trinajstić information content (AvgIpc) is 2.49. The van der Waals surface area contributed by atoms with Crippen molar-refractivity contribution in [1.29, 1.82) is 0 Å². The van der Waals surface area contributed by atoms with E-state index in [0.29, 0.717) is 11.6 Å². The van der Waals surface area contributed by atoms with Crippen molar-refractivity contribution in [2.45, 2.75) is 0 Å². The molecule has 0 radical (unpaired) electrons. The number of nitrogen functional groups attached to an aromatic ring is 1. The Morgan fingerprint density at radius 3 is 2.70 bits per heavy atom. The van der Waals surface area contributed by atoms with Crippen LogP contribution < -0.4 is 16.0 Å². The first-order valence-electron chi connectivity index (χ1n) is 6.44. The van der Waals surface area contributed by atoms with Gasteiger partial charge in [0.1, 0.15) is 23.8 Å². The predicted molar refractivity (Wildman–Crippen MR) is 77.0 cm³/mol. The van der Waals surface area contributed by atoms with Gasteiger partial charge in [-0.15, -0.1) is 0 Å². The van der Waals surface area contributed by atoms with E-state index in [1.165, 1.54) is 6.33 Å². The van der Waals surface area contributed by atoms with Crippen LogP contribution in [0.4, 0.5) is 23.1 Å². The average molecular weight is 272 g/mol. The van der Waals surface area contributed by atoms with Gasteiger partial charge >= 0.3 is 0 Å². The second kappa shape index (κ2) is 5.70. The highest BCUT2D eigenvalue weighted by molar-refractivity contribution is 5.58. The van der Waals surface area contributed by atoms with Gasteiger partial charge in [0, 0.05) is 19.2 Å². The molecule has 0 atom stereocenters. The molecule has 0 aromatic carbocycles. The minimum atomic E-state index is 0.431.